The number of amides is 2. The third-order valence-electron chi connectivity index (χ3n) is 6.89. The zero-order valence-electron chi connectivity index (χ0n) is 19.0. The molecule has 2 aromatic carbocycles. The molecule has 2 aliphatic rings. The number of non-ortho nitro benzene ring substituents is 1. The first-order valence-electron chi connectivity index (χ1n) is 11.3. The Morgan fingerprint density at radius 3 is 2.37 bits per heavy atom. The lowest BCUT2D eigenvalue weighted by Gasteiger charge is -2.31. The van der Waals surface area contributed by atoms with Gasteiger partial charge in [-0.1, -0.05) is 37.6 Å². The van der Waals surface area contributed by atoms with Crippen LogP contribution in [-0.4, -0.2) is 44.8 Å². The van der Waals surface area contributed by atoms with Crippen LogP contribution in [0.5, 0.6) is 0 Å². The highest BCUT2D eigenvalue weighted by atomic mass is 16.6. The number of rotatable bonds is 8. The number of fused-ring (bicyclic) bond motifs is 1. The smallest absolute Gasteiger partial charge is 0.325 e. The van der Waals surface area contributed by atoms with Crippen molar-refractivity contribution in [3.8, 4) is 6.07 Å². The largest absolute Gasteiger partial charge is 0.480 e. The number of imide groups is 1. The molecule has 10 nitrogen and oxygen atoms in total. The Labute approximate surface area is 201 Å². The van der Waals surface area contributed by atoms with Crippen LogP contribution in [0.1, 0.15) is 42.5 Å². The second kappa shape index (κ2) is 9.27. The van der Waals surface area contributed by atoms with Crippen LogP contribution >= 0.6 is 0 Å². The number of carbonyl (C=O) groups excluding carboxylic acids is 2. The minimum absolute atomic E-state index is 0.135. The number of nitriles is 1. The first-order chi connectivity index (χ1) is 16.7. The third kappa shape index (κ3) is 4.04. The van der Waals surface area contributed by atoms with Crippen LogP contribution in [0.25, 0.3) is 0 Å². The van der Waals surface area contributed by atoms with Gasteiger partial charge in [-0.2, -0.15) is 5.26 Å². The molecular weight excluding hydrogens is 452 g/mol. The zero-order chi connectivity index (χ0) is 25.3. The summed E-state index contributed by atoms with van der Waals surface area (Å²) in [5.41, 5.74) is -0.436. The van der Waals surface area contributed by atoms with Gasteiger partial charge in [-0.25, -0.2) is 0 Å². The monoisotopic (exact) mass is 476 g/mol. The molecule has 2 aromatic rings. The number of nitrogens with one attached hydrogen (secondary N) is 1. The van der Waals surface area contributed by atoms with Gasteiger partial charge in [-0.05, 0) is 29.7 Å². The molecule has 10 heteroatoms. The third-order valence-corrected chi connectivity index (χ3v) is 6.89. The molecule has 0 aromatic heterocycles. The fraction of sp³-hybridized carbons (Fsp3) is 0.360. The van der Waals surface area contributed by atoms with Crippen LogP contribution in [0.15, 0.2) is 48.5 Å². The second-order valence-electron chi connectivity index (χ2n) is 8.92. The SMILES string of the molecule is CCCCN1C(=O)C2C(c3ccc(C#N)cc3)NC(Cc3ccc([N+](=O)[O-])cc3)(C(=O)O)C2C1=O. The number of nitro benzene ring substituents is 1. The minimum atomic E-state index is -1.80. The summed E-state index contributed by atoms with van der Waals surface area (Å²) in [5, 5.41) is 33.7. The minimum Gasteiger partial charge on any atom is -0.480 e. The molecule has 35 heavy (non-hydrogen) atoms. The predicted octanol–water partition coefficient (Wildman–Crippen LogP) is 2.58. The molecule has 180 valence electrons. The molecule has 4 unspecified atom stereocenters. The molecule has 2 heterocycles. The van der Waals surface area contributed by atoms with E-state index in [0.717, 1.165) is 6.42 Å². The number of carboxylic acid groups (broad SMARTS) is 1. The van der Waals surface area contributed by atoms with Crippen LogP contribution in [-0.2, 0) is 20.8 Å². The molecule has 0 bridgehead atoms. The quantitative estimate of drug-likeness (QED) is 0.335. The molecule has 2 fully saturated rings. The molecule has 2 aliphatic heterocycles. The number of hydrogen-bond donors (Lipinski definition) is 2. The van der Waals surface area contributed by atoms with E-state index in [9.17, 15) is 29.6 Å². The summed E-state index contributed by atoms with van der Waals surface area (Å²) < 4.78 is 0. The van der Waals surface area contributed by atoms with Gasteiger partial charge in [-0.15, -0.1) is 0 Å². The van der Waals surface area contributed by atoms with Crippen molar-refractivity contribution in [1.82, 2.24) is 10.2 Å². The standard InChI is InChI=1S/C25H24N4O6/c1-2-3-12-28-22(30)19-20(23(28)31)25(24(32)33,13-15-6-10-18(11-7-15)29(34)35)27-21(19)17-8-4-16(14-26)5-9-17/h4-11,19-21,27H,2-3,12-13H2,1H3,(H,32,33). The van der Waals surface area contributed by atoms with Gasteiger partial charge in [0.25, 0.3) is 5.69 Å². The van der Waals surface area contributed by atoms with E-state index >= 15 is 0 Å². The van der Waals surface area contributed by atoms with E-state index in [4.69, 9.17) is 5.26 Å². The maximum Gasteiger partial charge on any atom is 0.325 e. The Bertz CT molecular complexity index is 1220. The highest BCUT2D eigenvalue weighted by Gasteiger charge is 2.68. The summed E-state index contributed by atoms with van der Waals surface area (Å²) in [6, 6.07) is 13.2. The van der Waals surface area contributed by atoms with Gasteiger partial charge in [-0.3, -0.25) is 34.7 Å². The summed E-state index contributed by atoms with van der Waals surface area (Å²) >= 11 is 0. The maximum atomic E-state index is 13.5. The van der Waals surface area contributed by atoms with Crippen molar-refractivity contribution >= 4 is 23.5 Å². The van der Waals surface area contributed by atoms with Crippen molar-refractivity contribution in [2.24, 2.45) is 11.8 Å². The summed E-state index contributed by atoms with van der Waals surface area (Å²) in [6.07, 6.45) is 1.22. The second-order valence-corrected chi connectivity index (χ2v) is 8.92. The average Bonchev–Trinajstić information content (AvgIpc) is 3.32. The zero-order valence-corrected chi connectivity index (χ0v) is 19.0. The van der Waals surface area contributed by atoms with Crippen LogP contribution < -0.4 is 5.32 Å². The molecule has 2 N–H and O–H groups in total. The number of unbranched alkanes of at least 4 members (excludes halogenated alkanes) is 1. The number of nitrogens with zero attached hydrogens (tertiary/aromatic N) is 3. The number of aliphatic carboxylic acids is 1. The van der Waals surface area contributed by atoms with Crippen molar-refractivity contribution in [3.05, 3.63) is 75.3 Å². The first kappa shape index (κ1) is 24.0. The van der Waals surface area contributed by atoms with Crippen molar-refractivity contribution in [1.29, 1.82) is 5.26 Å². The Hall–Kier alpha value is -4.10. The molecule has 0 aliphatic carbocycles. The van der Waals surface area contributed by atoms with Crippen LogP contribution in [0.2, 0.25) is 0 Å². The summed E-state index contributed by atoms with van der Waals surface area (Å²) in [7, 11) is 0. The van der Waals surface area contributed by atoms with E-state index in [-0.39, 0.29) is 18.7 Å². The van der Waals surface area contributed by atoms with Gasteiger partial charge < -0.3 is 5.11 Å². The number of carbonyl (C=O) groups is 3. The van der Waals surface area contributed by atoms with Gasteiger partial charge in [0, 0.05) is 31.1 Å². The van der Waals surface area contributed by atoms with Crippen LogP contribution in [0, 0.1) is 33.3 Å². The summed E-state index contributed by atoms with van der Waals surface area (Å²) in [4.78, 5) is 51.4. The van der Waals surface area contributed by atoms with E-state index in [1.54, 1.807) is 24.3 Å². The van der Waals surface area contributed by atoms with Crippen molar-refractivity contribution < 1.29 is 24.4 Å². The molecular formula is C25H24N4O6. The van der Waals surface area contributed by atoms with Crippen LogP contribution in [0.3, 0.4) is 0 Å². The lowest BCUT2D eigenvalue weighted by Crippen LogP contribution is -2.57. The number of likely N-dealkylation sites (tertiary alicyclic amines) is 1. The molecule has 0 spiro atoms. The first-order valence-corrected chi connectivity index (χ1v) is 11.3. The Morgan fingerprint density at radius 2 is 1.83 bits per heavy atom. The molecule has 2 saturated heterocycles. The molecule has 4 atom stereocenters. The molecule has 4 rings (SSSR count). The highest BCUT2D eigenvalue weighted by Crippen LogP contribution is 2.50. The Balaban J connectivity index is 1.79. The van der Waals surface area contributed by atoms with Crippen molar-refractivity contribution in [2.75, 3.05) is 6.54 Å². The predicted molar refractivity (Wildman–Crippen MR) is 123 cm³/mol. The number of benzene rings is 2. The molecule has 2 amide bonds. The van der Waals surface area contributed by atoms with E-state index < -0.39 is 46.1 Å². The lowest BCUT2D eigenvalue weighted by molar-refractivity contribution is -0.384. The van der Waals surface area contributed by atoms with E-state index in [1.807, 2.05) is 13.0 Å². The fourth-order valence-corrected chi connectivity index (χ4v) is 5.14. The fourth-order valence-electron chi connectivity index (χ4n) is 5.14. The maximum absolute atomic E-state index is 13.5. The Kier molecular flexibility index (Phi) is 6.37. The van der Waals surface area contributed by atoms with Crippen molar-refractivity contribution in [2.45, 2.75) is 37.8 Å². The van der Waals surface area contributed by atoms with Gasteiger partial charge in [0.1, 0.15) is 5.54 Å². The van der Waals surface area contributed by atoms with Gasteiger partial charge in [0.05, 0.1) is 28.4 Å². The molecule has 0 radical (unpaired) electrons. The Morgan fingerprint density at radius 1 is 1.17 bits per heavy atom. The summed E-state index contributed by atoms with van der Waals surface area (Å²) in [6.45, 7) is 2.15. The van der Waals surface area contributed by atoms with Gasteiger partial charge in [0.2, 0.25) is 11.8 Å². The molecule has 0 saturated carbocycles. The van der Waals surface area contributed by atoms with Crippen molar-refractivity contribution in [3.63, 3.8) is 0 Å². The van der Waals surface area contributed by atoms with Gasteiger partial charge in [0.15, 0.2) is 0 Å². The number of carboxylic acids is 1. The highest BCUT2D eigenvalue weighted by molar-refractivity contribution is 6.09. The van der Waals surface area contributed by atoms with E-state index in [2.05, 4.69) is 5.32 Å². The normalized spacial score (nSPS) is 25.4. The number of hydrogen-bond acceptors (Lipinski definition) is 7. The van der Waals surface area contributed by atoms with Crippen LogP contribution in [0.4, 0.5) is 5.69 Å². The van der Waals surface area contributed by atoms with Gasteiger partial charge >= 0.3 is 5.97 Å². The number of nitro groups is 1. The lowest BCUT2D eigenvalue weighted by atomic mass is 9.76. The summed E-state index contributed by atoms with van der Waals surface area (Å²) in [5.74, 6) is -4.30. The van der Waals surface area contributed by atoms with E-state index in [1.165, 1.54) is 29.2 Å². The topological polar surface area (TPSA) is 154 Å². The average molecular weight is 476 g/mol. The van der Waals surface area contributed by atoms with E-state index in [0.29, 0.717) is 23.1 Å².